The molecule has 0 saturated carbocycles. The van der Waals surface area contributed by atoms with E-state index in [1.54, 1.807) is 12.1 Å². The molecule has 1 N–H and O–H groups in total. The third-order valence-corrected chi connectivity index (χ3v) is 2.62. The molecule has 0 atom stereocenters. The van der Waals surface area contributed by atoms with Crippen molar-refractivity contribution in [2.75, 3.05) is 36.5 Å². The summed E-state index contributed by atoms with van der Waals surface area (Å²) in [4.78, 5) is 12.8. The Kier molecular flexibility index (Phi) is 3.58. The van der Waals surface area contributed by atoms with Crippen LogP contribution >= 0.6 is 0 Å². The maximum Gasteiger partial charge on any atom is 0.221 e. The minimum atomic E-state index is -0.321. The van der Waals surface area contributed by atoms with Crippen molar-refractivity contribution in [3.8, 4) is 0 Å². The van der Waals surface area contributed by atoms with E-state index >= 15 is 0 Å². The zero-order valence-electron chi connectivity index (χ0n) is 9.70. The van der Waals surface area contributed by atoms with Crippen LogP contribution in [0.5, 0.6) is 0 Å². The Morgan fingerprint density at radius 3 is 2.71 bits per heavy atom. The second kappa shape index (κ2) is 5.14. The van der Waals surface area contributed by atoms with Gasteiger partial charge in [-0.15, -0.1) is 0 Å². The molecular formula is C12H15FN2O2. The molecule has 4 nitrogen and oxygen atoms in total. The number of carbonyl (C=O) groups is 1. The molecular weight excluding hydrogens is 223 g/mol. The van der Waals surface area contributed by atoms with Gasteiger partial charge in [-0.05, 0) is 18.2 Å². The summed E-state index contributed by atoms with van der Waals surface area (Å²) in [6.45, 7) is 4.01. The number of nitrogens with zero attached hydrogens (tertiary/aromatic N) is 1. The molecule has 0 spiro atoms. The second-order valence-electron chi connectivity index (χ2n) is 3.95. The maximum atomic E-state index is 13.9. The first-order chi connectivity index (χ1) is 8.16. The van der Waals surface area contributed by atoms with E-state index in [0.717, 1.165) is 0 Å². The number of morpholine rings is 1. The molecule has 1 saturated heterocycles. The van der Waals surface area contributed by atoms with Gasteiger partial charge in [0.2, 0.25) is 5.91 Å². The SMILES string of the molecule is CC(=O)Nc1ccc(N2CCOCC2)c(F)c1. The monoisotopic (exact) mass is 238 g/mol. The Bertz CT molecular complexity index is 417. The molecule has 1 amide bonds. The number of carbonyl (C=O) groups excluding carboxylic acids is 1. The van der Waals surface area contributed by atoms with Gasteiger partial charge in [-0.3, -0.25) is 4.79 Å². The van der Waals surface area contributed by atoms with Gasteiger partial charge in [0, 0.05) is 25.7 Å². The quantitative estimate of drug-likeness (QED) is 0.851. The van der Waals surface area contributed by atoms with Crippen molar-refractivity contribution in [1.82, 2.24) is 0 Å². The van der Waals surface area contributed by atoms with Crippen LogP contribution in [0.15, 0.2) is 18.2 Å². The third-order valence-electron chi connectivity index (χ3n) is 2.62. The number of ether oxygens (including phenoxy) is 1. The molecule has 17 heavy (non-hydrogen) atoms. The average molecular weight is 238 g/mol. The molecule has 0 aliphatic carbocycles. The Morgan fingerprint density at radius 1 is 1.41 bits per heavy atom. The van der Waals surface area contributed by atoms with Gasteiger partial charge in [-0.2, -0.15) is 0 Å². The third kappa shape index (κ3) is 2.94. The summed E-state index contributed by atoms with van der Waals surface area (Å²) >= 11 is 0. The highest BCUT2D eigenvalue weighted by Gasteiger charge is 2.15. The summed E-state index contributed by atoms with van der Waals surface area (Å²) in [7, 11) is 0. The smallest absolute Gasteiger partial charge is 0.221 e. The van der Waals surface area contributed by atoms with E-state index in [1.165, 1.54) is 13.0 Å². The van der Waals surface area contributed by atoms with Gasteiger partial charge < -0.3 is 15.0 Å². The molecule has 0 aromatic heterocycles. The highest BCUT2D eigenvalue weighted by molar-refractivity contribution is 5.88. The van der Waals surface area contributed by atoms with Gasteiger partial charge in [0.25, 0.3) is 0 Å². The van der Waals surface area contributed by atoms with E-state index in [4.69, 9.17) is 4.74 Å². The lowest BCUT2D eigenvalue weighted by Gasteiger charge is -2.29. The fourth-order valence-electron chi connectivity index (χ4n) is 1.85. The van der Waals surface area contributed by atoms with E-state index in [2.05, 4.69) is 5.32 Å². The summed E-state index contributed by atoms with van der Waals surface area (Å²) in [5.41, 5.74) is 1.04. The molecule has 1 heterocycles. The van der Waals surface area contributed by atoms with Gasteiger partial charge in [0.05, 0.1) is 18.9 Å². The van der Waals surface area contributed by atoms with Crippen molar-refractivity contribution < 1.29 is 13.9 Å². The molecule has 1 fully saturated rings. The molecule has 92 valence electrons. The highest BCUT2D eigenvalue weighted by Crippen LogP contribution is 2.23. The molecule has 1 aromatic carbocycles. The lowest BCUT2D eigenvalue weighted by Crippen LogP contribution is -2.36. The zero-order chi connectivity index (χ0) is 12.3. The number of benzene rings is 1. The number of hydrogen-bond donors (Lipinski definition) is 1. The lowest BCUT2D eigenvalue weighted by atomic mass is 10.2. The summed E-state index contributed by atoms with van der Waals surface area (Å²) < 4.78 is 19.1. The summed E-state index contributed by atoms with van der Waals surface area (Å²) in [6.07, 6.45) is 0. The van der Waals surface area contributed by atoms with Gasteiger partial charge >= 0.3 is 0 Å². The molecule has 0 bridgehead atoms. The van der Waals surface area contributed by atoms with Crippen molar-refractivity contribution in [2.45, 2.75) is 6.92 Å². The van der Waals surface area contributed by atoms with Crippen LogP contribution in [0.2, 0.25) is 0 Å². The molecule has 1 aliphatic heterocycles. The number of halogens is 1. The van der Waals surface area contributed by atoms with Crippen LogP contribution in [0, 0.1) is 5.82 Å². The Morgan fingerprint density at radius 2 is 2.12 bits per heavy atom. The lowest BCUT2D eigenvalue weighted by molar-refractivity contribution is -0.114. The fraction of sp³-hybridized carbons (Fsp3) is 0.417. The Balaban J connectivity index is 2.15. The molecule has 1 aliphatic rings. The van der Waals surface area contributed by atoms with E-state index in [-0.39, 0.29) is 11.7 Å². The van der Waals surface area contributed by atoms with E-state index in [0.29, 0.717) is 37.7 Å². The van der Waals surface area contributed by atoms with Crippen LogP contribution in [0.4, 0.5) is 15.8 Å². The largest absolute Gasteiger partial charge is 0.378 e. The van der Waals surface area contributed by atoms with Gasteiger partial charge in [-0.1, -0.05) is 0 Å². The van der Waals surface area contributed by atoms with E-state index in [1.807, 2.05) is 4.90 Å². The van der Waals surface area contributed by atoms with E-state index < -0.39 is 0 Å². The first-order valence-electron chi connectivity index (χ1n) is 5.56. The minimum absolute atomic E-state index is 0.205. The van der Waals surface area contributed by atoms with Crippen molar-refractivity contribution in [3.63, 3.8) is 0 Å². The molecule has 0 radical (unpaired) electrons. The number of nitrogens with one attached hydrogen (secondary N) is 1. The van der Waals surface area contributed by atoms with Crippen molar-refractivity contribution in [3.05, 3.63) is 24.0 Å². The Labute approximate surface area is 99.4 Å². The molecule has 2 rings (SSSR count). The maximum absolute atomic E-state index is 13.9. The van der Waals surface area contributed by atoms with Crippen molar-refractivity contribution in [2.24, 2.45) is 0 Å². The van der Waals surface area contributed by atoms with E-state index in [9.17, 15) is 9.18 Å². The topological polar surface area (TPSA) is 41.6 Å². The molecule has 1 aromatic rings. The molecule has 0 unspecified atom stereocenters. The first-order valence-corrected chi connectivity index (χ1v) is 5.56. The zero-order valence-corrected chi connectivity index (χ0v) is 9.70. The molecule has 5 heteroatoms. The minimum Gasteiger partial charge on any atom is -0.378 e. The Hall–Kier alpha value is -1.62. The van der Waals surface area contributed by atoms with Crippen LogP contribution in [0.25, 0.3) is 0 Å². The first kappa shape index (κ1) is 11.9. The van der Waals surface area contributed by atoms with Crippen LogP contribution < -0.4 is 10.2 Å². The fourth-order valence-corrected chi connectivity index (χ4v) is 1.85. The predicted octanol–water partition coefficient (Wildman–Crippen LogP) is 1.62. The van der Waals surface area contributed by atoms with Gasteiger partial charge in [0.15, 0.2) is 0 Å². The number of amides is 1. The highest BCUT2D eigenvalue weighted by atomic mass is 19.1. The number of anilines is 2. The average Bonchev–Trinajstić information content (AvgIpc) is 2.29. The van der Waals surface area contributed by atoms with Crippen LogP contribution in [-0.2, 0) is 9.53 Å². The van der Waals surface area contributed by atoms with Crippen LogP contribution in [0.1, 0.15) is 6.92 Å². The van der Waals surface area contributed by atoms with Crippen molar-refractivity contribution >= 4 is 17.3 Å². The van der Waals surface area contributed by atoms with Gasteiger partial charge in [0.1, 0.15) is 5.82 Å². The van der Waals surface area contributed by atoms with Crippen LogP contribution in [-0.4, -0.2) is 32.2 Å². The predicted molar refractivity (Wildman–Crippen MR) is 63.7 cm³/mol. The summed E-state index contributed by atoms with van der Waals surface area (Å²) in [5.74, 6) is -0.526. The normalized spacial score (nSPS) is 15.8. The summed E-state index contributed by atoms with van der Waals surface area (Å²) in [6, 6.07) is 4.73. The number of hydrogen-bond acceptors (Lipinski definition) is 3. The van der Waals surface area contributed by atoms with Gasteiger partial charge in [-0.25, -0.2) is 4.39 Å². The number of rotatable bonds is 2. The second-order valence-corrected chi connectivity index (χ2v) is 3.95. The standard InChI is InChI=1S/C12H15FN2O2/c1-9(16)14-10-2-3-12(11(13)8-10)15-4-6-17-7-5-15/h2-3,8H,4-7H2,1H3,(H,14,16). The summed E-state index contributed by atoms with van der Waals surface area (Å²) in [5, 5.41) is 2.55. The van der Waals surface area contributed by atoms with Crippen LogP contribution in [0.3, 0.4) is 0 Å². The van der Waals surface area contributed by atoms with Crippen molar-refractivity contribution in [1.29, 1.82) is 0 Å².